The van der Waals surface area contributed by atoms with Gasteiger partial charge in [0.1, 0.15) is 13.1 Å². The van der Waals surface area contributed by atoms with E-state index in [1.54, 1.807) is 0 Å². The molecular weight excluding hydrogens is 296 g/mol. The molecule has 7 heteroatoms. The van der Waals surface area contributed by atoms with Gasteiger partial charge < -0.3 is 0 Å². The molecule has 3 N–H and O–H groups in total. The van der Waals surface area contributed by atoms with Crippen LogP contribution >= 0.6 is 0 Å². The van der Waals surface area contributed by atoms with E-state index in [0.717, 1.165) is 13.1 Å². The molecule has 6 nitrogen and oxygen atoms in total. The smallest absolute Gasteiger partial charge is 0.168 e. The third-order valence-electron chi connectivity index (χ3n) is 2.64. The molecule has 2 rings (SSSR count). The average Bonchev–Trinajstić information content (AvgIpc) is 2.44. The molecule has 0 spiro atoms. The molecule has 0 aromatic carbocycles. The zero-order valence-electron chi connectivity index (χ0n) is 11.6. The van der Waals surface area contributed by atoms with Crippen molar-refractivity contribution >= 4 is 0 Å². The van der Waals surface area contributed by atoms with Gasteiger partial charge in [-0.3, -0.25) is 0 Å². The zero-order valence-corrected chi connectivity index (χ0v) is 12.4. The molecule has 0 aliphatic carbocycles. The monoisotopic (exact) mass is 316 g/mol. The van der Waals surface area contributed by atoms with Crippen molar-refractivity contribution in [2.45, 2.75) is 25.9 Å². The molecule has 2 heterocycles. The van der Waals surface area contributed by atoms with E-state index in [9.17, 15) is 0 Å². The Morgan fingerprint density at radius 3 is 1.24 bits per heavy atom. The van der Waals surface area contributed by atoms with Gasteiger partial charge in [-0.2, -0.15) is 0 Å². The van der Waals surface area contributed by atoms with Crippen molar-refractivity contribution in [1.82, 2.24) is 0 Å². The van der Waals surface area contributed by atoms with Crippen LogP contribution in [0.15, 0.2) is 61.2 Å². The summed E-state index contributed by atoms with van der Waals surface area (Å²) in [5.41, 5.74) is 0. The molecule has 0 amide bonds. The van der Waals surface area contributed by atoms with E-state index in [4.69, 9.17) is 18.6 Å². The molecule has 0 aliphatic rings. The number of rotatable bonds is 5. The van der Waals surface area contributed by atoms with Crippen LogP contribution in [0.3, 0.4) is 0 Å². The first kappa shape index (κ1) is 17.5. The second kappa shape index (κ2) is 9.38. The number of nitrogens with zero attached hydrogens (tertiary/aromatic N) is 2. The summed E-state index contributed by atoms with van der Waals surface area (Å²) >= 11 is 0. The minimum absolute atomic E-state index is 1.11. The van der Waals surface area contributed by atoms with Gasteiger partial charge in [-0.05, 0) is 0 Å². The summed E-state index contributed by atoms with van der Waals surface area (Å²) in [6.07, 6.45) is 10.9. The van der Waals surface area contributed by atoms with Crippen LogP contribution in [-0.2, 0) is 13.1 Å². The first-order valence-corrected chi connectivity index (χ1v) is 7.82. The number of halogens is 1. The Kier molecular flexibility index (Phi) is 7.81. The van der Waals surface area contributed by atoms with Crippen molar-refractivity contribution < 1.29 is 38.0 Å². The number of unbranched alkanes of at least 4 members (excludes halogenated alkanes) is 1. The first-order chi connectivity index (χ1) is 9.95. The maximum absolute atomic E-state index is 8.83. The Balaban J connectivity index is 0.000000383. The van der Waals surface area contributed by atoms with Crippen molar-refractivity contribution in [3.05, 3.63) is 61.2 Å². The fourth-order valence-corrected chi connectivity index (χ4v) is 1.76. The topological polar surface area (TPSA) is 91.5 Å². The van der Waals surface area contributed by atoms with Crippen LogP contribution in [0.2, 0.25) is 0 Å². The largest absolute Gasteiger partial charge is 0.205 e. The summed E-state index contributed by atoms with van der Waals surface area (Å²) in [6, 6.07) is 12.4. The number of aromatic nitrogens is 2. The fraction of sp³-hybridized carbons (Fsp3) is 0.286. The van der Waals surface area contributed by atoms with Crippen LogP contribution < -0.4 is 13.8 Å². The minimum Gasteiger partial charge on any atom is -0.205 e. The van der Waals surface area contributed by atoms with E-state index in [1.165, 1.54) is 12.8 Å². The molecule has 0 radical (unpaired) electrons. The van der Waals surface area contributed by atoms with Gasteiger partial charge in [0.15, 0.2) is 24.8 Å². The Bertz CT molecular complexity index is 444. The molecule has 2 aromatic rings. The first-order valence-electron chi connectivity index (χ1n) is 6.49. The predicted molar refractivity (Wildman–Crippen MR) is 69.2 cm³/mol. The van der Waals surface area contributed by atoms with E-state index < -0.39 is 10.2 Å². The van der Waals surface area contributed by atoms with Gasteiger partial charge in [-0.15, -0.1) is 0 Å². The average molecular weight is 317 g/mol. The molecule has 2 aromatic heterocycles. The molecule has 0 fully saturated rings. The van der Waals surface area contributed by atoms with Crippen LogP contribution in [0, 0.1) is 10.2 Å². The van der Waals surface area contributed by atoms with Gasteiger partial charge >= 0.3 is 28.9 Å². The summed E-state index contributed by atoms with van der Waals surface area (Å²) in [5, 5.41) is 0. The van der Waals surface area contributed by atoms with Gasteiger partial charge in [0.05, 0.1) is 0 Å². The molecule has 0 atom stereocenters. The van der Waals surface area contributed by atoms with Gasteiger partial charge in [0.2, 0.25) is 0 Å². The van der Waals surface area contributed by atoms with Crippen molar-refractivity contribution in [3.63, 3.8) is 0 Å². The van der Waals surface area contributed by atoms with E-state index in [0.29, 0.717) is 0 Å². The van der Waals surface area contributed by atoms with Crippen LogP contribution in [0.5, 0.6) is 0 Å². The summed E-state index contributed by atoms with van der Waals surface area (Å²) in [6.45, 7) is 2.21. The van der Waals surface area contributed by atoms with Crippen LogP contribution in [-0.4, -0.2) is 14.0 Å². The maximum atomic E-state index is 8.83. The maximum Gasteiger partial charge on any atom is 0.168 e. The minimum atomic E-state index is -4.19. The fourth-order valence-electron chi connectivity index (χ4n) is 1.76. The van der Waals surface area contributed by atoms with Crippen molar-refractivity contribution in [3.8, 4) is 0 Å². The second-order valence-electron chi connectivity index (χ2n) is 4.37. The molecule has 116 valence electrons. The number of pyridine rings is 2. The molecule has 21 heavy (non-hydrogen) atoms. The SMILES string of the molecule is [O-][Cl+](O)(O)O.c1cc[n+](CCCC[n+]2ccccc2)cc1. The summed E-state index contributed by atoms with van der Waals surface area (Å²) < 4.78 is 34.7. The normalized spacial score (nSPS) is 11.4. The molecule has 0 unspecified atom stereocenters. The number of hydrogen-bond donors (Lipinski definition) is 3. The van der Waals surface area contributed by atoms with Gasteiger partial charge in [0.25, 0.3) is 0 Å². The third kappa shape index (κ3) is 10.8. The molecule has 0 bridgehead atoms. The zero-order chi connectivity index (χ0) is 15.6. The van der Waals surface area contributed by atoms with E-state index in [1.807, 2.05) is 0 Å². The molecular formula is C14H21ClN2O4+2. The van der Waals surface area contributed by atoms with Gasteiger partial charge in [0, 0.05) is 37.1 Å². The Hall–Kier alpha value is -1.57. The molecule has 0 aliphatic heterocycles. The van der Waals surface area contributed by atoms with Crippen LogP contribution in [0.25, 0.3) is 0 Å². The number of aryl methyl sites for hydroxylation is 2. The van der Waals surface area contributed by atoms with Gasteiger partial charge in [-0.25, -0.2) is 9.13 Å². The van der Waals surface area contributed by atoms with E-state index >= 15 is 0 Å². The molecule has 0 saturated heterocycles. The van der Waals surface area contributed by atoms with Crippen molar-refractivity contribution in [1.29, 1.82) is 0 Å². The van der Waals surface area contributed by atoms with Crippen molar-refractivity contribution in [2.24, 2.45) is 0 Å². The van der Waals surface area contributed by atoms with Crippen LogP contribution in [0.1, 0.15) is 12.8 Å². The second-order valence-corrected chi connectivity index (χ2v) is 5.24. The predicted octanol–water partition coefficient (Wildman–Crippen LogP) is -1.12. The van der Waals surface area contributed by atoms with Crippen LogP contribution in [0.4, 0.5) is 0 Å². The Labute approximate surface area is 125 Å². The quantitative estimate of drug-likeness (QED) is 0.481. The summed E-state index contributed by atoms with van der Waals surface area (Å²) in [5.74, 6) is 0. The molecule has 0 saturated carbocycles. The summed E-state index contributed by atoms with van der Waals surface area (Å²) in [7, 11) is -4.19. The van der Waals surface area contributed by atoms with E-state index in [2.05, 4.69) is 70.3 Å². The summed E-state index contributed by atoms with van der Waals surface area (Å²) in [4.78, 5) is 0. The van der Waals surface area contributed by atoms with Gasteiger partial charge in [-0.1, -0.05) is 12.1 Å². The van der Waals surface area contributed by atoms with Crippen molar-refractivity contribution in [2.75, 3.05) is 0 Å². The Morgan fingerprint density at radius 2 is 0.952 bits per heavy atom. The standard InChI is InChI=1S/C14H18N2.ClH3O4/c1-3-9-15(10-4-1)13-7-8-14-16-11-5-2-6-12-16;2-1(3,4)5/h1-6,9-12H,7-8,13-14H2;2-4H/q+2;. The Morgan fingerprint density at radius 1 is 0.667 bits per heavy atom. The number of hydrogen-bond acceptors (Lipinski definition) is 4. The third-order valence-corrected chi connectivity index (χ3v) is 2.64. The van der Waals surface area contributed by atoms with E-state index in [-0.39, 0.29) is 0 Å².